The van der Waals surface area contributed by atoms with Gasteiger partial charge in [0.2, 0.25) is 0 Å². The normalized spacial score (nSPS) is 20.5. The van der Waals surface area contributed by atoms with Crippen LogP contribution in [0.2, 0.25) is 0 Å². The van der Waals surface area contributed by atoms with Crippen LogP contribution in [0.5, 0.6) is 5.75 Å². The Morgan fingerprint density at radius 3 is 2.79 bits per heavy atom. The van der Waals surface area contributed by atoms with Gasteiger partial charge in [-0.2, -0.15) is 0 Å². The van der Waals surface area contributed by atoms with Gasteiger partial charge >= 0.3 is 0 Å². The molecule has 4 heteroatoms. The third kappa shape index (κ3) is 3.77. The lowest BCUT2D eigenvalue weighted by atomic mass is 10.1. The van der Waals surface area contributed by atoms with E-state index in [1.807, 2.05) is 32.0 Å². The lowest BCUT2D eigenvalue weighted by Gasteiger charge is -2.22. The summed E-state index contributed by atoms with van der Waals surface area (Å²) in [6.07, 6.45) is 2.69. The molecule has 2 rings (SSSR count). The van der Waals surface area contributed by atoms with Crippen LogP contribution in [0.25, 0.3) is 0 Å². The molecule has 1 heterocycles. The van der Waals surface area contributed by atoms with Gasteiger partial charge in [-0.3, -0.25) is 0 Å². The molecule has 1 fully saturated rings. The van der Waals surface area contributed by atoms with E-state index in [1.165, 1.54) is 0 Å². The number of nitrogens with two attached hydrogens (primary N) is 1. The number of nitrogen functional groups attached to an aromatic ring is 1. The summed E-state index contributed by atoms with van der Waals surface area (Å²) in [4.78, 5) is 0. The number of anilines is 2. The molecule has 2 unspecified atom stereocenters. The van der Waals surface area contributed by atoms with Gasteiger partial charge in [0.1, 0.15) is 5.75 Å². The molecule has 1 aliphatic heterocycles. The molecule has 0 bridgehead atoms. The van der Waals surface area contributed by atoms with Crippen LogP contribution in [-0.2, 0) is 4.74 Å². The average Bonchev–Trinajstić information content (AvgIpc) is 2.86. The van der Waals surface area contributed by atoms with Crippen LogP contribution in [0.4, 0.5) is 11.4 Å². The molecule has 4 nitrogen and oxygen atoms in total. The third-order valence-electron chi connectivity index (χ3n) is 3.29. The van der Waals surface area contributed by atoms with Crippen LogP contribution >= 0.6 is 0 Å². The van der Waals surface area contributed by atoms with E-state index >= 15 is 0 Å². The zero-order valence-electron chi connectivity index (χ0n) is 12.0. The Balaban J connectivity index is 2.03. The first kappa shape index (κ1) is 14.0. The highest BCUT2D eigenvalue weighted by molar-refractivity contribution is 5.61. The van der Waals surface area contributed by atoms with E-state index < -0.39 is 0 Å². The van der Waals surface area contributed by atoms with Gasteiger partial charge in [-0.25, -0.2) is 0 Å². The first-order valence-electron chi connectivity index (χ1n) is 7.00. The summed E-state index contributed by atoms with van der Waals surface area (Å²) < 4.78 is 11.4. The van der Waals surface area contributed by atoms with Crippen LogP contribution in [0.3, 0.4) is 0 Å². The fourth-order valence-electron chi connectivity index (χ4n) is 2.33. The van der Waals surface area contributed by atoms with E-state index in [9.17, 15) is 0 Å². The summed E-state index contributed by atoms with van der Waals surface area (Å²) in [6.45, 7) is 7.01. The molecule has 1 aliphatic rings. The minimum absolute atomic E-state index is 0.119. The summed E-state index contributed by atoms with van der Waals surface area (Å²) in [7, 11) is 0. The second kappa shape index (κ2) is 6.15. The molecule has 1 aromatic rings. The fraction of sp³-hybridized carbons (Fsp3) is 0.600. The summed E-state index contributed by atoms with van der Waals surface area (Å²) in [5.74, 6) is 0.736. The van der Waals surface area contributed by atoms with Gasteiger partial charge in [0.05, 0.1) is 17.9 Å². The van der Waals surface area contributed by atoms with Gasteiger partial charge in [0, 0.05) is 24.4 Å². The van der Waals surface area contributed by atoms with E-state index in [-0.39, 0.29) is 12.1 Å². The molecule has 1 aromatic carbocycles. The van der Waals surface area contributed by atoms with Crippen molar-refractivity contribution >= 4 is 11.4 Å². The molecule has 1 saturated heterocycles. The molecule has 2 atom stereocenters. The Labute approximate surface area is 115 Å². The molecule has 0 amide bonds. The van der Waals surface area contributed by atoms with Crippen molar-refractivity contribution in [1.82, 2.24) is 0 Å². The lowest BCUT2D eigenvalue weighted by Crippen LogP contribution is -2.30. The van der Waals surface area contributed by atoms with E-state index in [0.29, 0.717) is 11.8 Å². The second-order valence-corrected chi connectivity index (χ2v) is 5.40. The largest absolute Gasteiger partial charge is 0.489 e. The Hall–Kier alpha value is -1.42. The number of benzene rings is 1. The van der Waals surface area contributed by atoms with Crippen LogP contribution in [-0.4, -0.2) is 24.9 Å². The number of nitrogens with one attached hydrogen (secondary N) is 1. The second-order valence-electron chi connectivity index (χ2n) is 5.40. The first-order chi connectivity index (χ1) is 9.06. The van der Waals surface area contributed by atoms with E-state index in [1.54, 1.807) is 0 Å². The zero-order chi connectivity index (χ0) is 13.8. The summed E-state index contributed by atoms with van der Waals surface area (Å²) in [6, 6.07) is 6.11. The van der Waals surface area contributed by atoms with Crippen molar-refractivity contribution in [2.75, 3.05) is 17.7 Å². The molecule has 19 heavy (non-hydrogen) atoms. The summed E-state index contributed by atoms with van der Waals surface area (Å²) in [5, 5.41) is 3.46. The van der Waals surface area contributed by atoms with Crippen LogP contribution in [0.1, 0.15) is 33.6 Å². The fourth-order valence-corrected chi connectivity index (χ4v) is 2.33. The standard InChI is InChI=1S/C15H24N2O2/c1-10(2)19-15-9-12(6-7-13(15)16)17-11(3)14-5-4-8-18-14/h6-7,9-11,14,17H,4-5,8,16H2,1-3H3. The maximum absolute atomic E-state index is 5.91. The highest BCUT2D eigenvalue weighted by Crippen LogP contribution is 2.28. The minimum Gasteiger partial charge on any atom is -0.489 e. The molecule has 0 saturated carbocycles. The molecular weight excluding hydrogens is 240 g/mol. The first-order valence-corrected chi connectivity index (χ1v) is 7.00. The topological polar surface area (TPSA) is 56.5 Å². The molecule has 3 N–H and O–H groups in total. The number of hydrogen-bond donors (Lipinski definition) is 2. The molecule has 0 aromatic heterocycles. The maximum Gasteiger partial charge on any atom is 0.144 e. The van der Waals surface area contributed by atoms with Crippen molar-refractivity contribution in [3.8, 4) is 5.75 Å². The highest BCUT2D eigenvalue weighted by atomic mass is 16.5. The van der Waals surface area contributed by atoms with Gasteiger partial charge in [-0.15, -0.1) is 0 Å². The van der Waals surface area contributed by atoms with Crippen LogP contribution in [0, 0.1) is 0 Å². The Bertz CT molecular complexity index is 415. The Morgan fingerprint density at radius 1 is 1.37 bits per heavy atom. The molecule has 0 aliphatic carbocycles. The van der Waals surface area contributed by atoms with Gasteiger partial charge in [-0.05, 0) is 45.7 Å². The van der Waals surface area contributed by atoms with Gasteiger partial charge in [0.25, 0.3) is 0 Å². The van der Waals surface area contributed by atoms with Gasteiger partial charge in [-0.1, -0.05) is 0 Å². The lowest BCUT2D eigenvalue weighted by molar-refractivity contribution is 0.0996. The third-order valence-corrected chi connectivity index (χ3v) is 3.29. The quantitative estimate of drug-likeness (QED) is 0.803. The number of rotatable bonds is 5. The van der Waals surface area contributed by atoms with Crippen LogP contribution in [0.15, 0.2) is 18.2 Å². The Morgan fingerprint density at radius 2 is 2.16 bits per heavy atom. The van der Waals surface area contributed by atoms with Crippen molar-refractivity contribution in [2.45, 2.75) is 51.9 Å². The monoisotopic (exact) mass is 264 g/mol. The SMILES string of the molecule is CC(C)Oc1cc(NC(C)C2CCCO2)ccc1N. The number of ether oxygens (including phenoxy) is 2. The van der Waals surface area contributed by atoms with Crippen molar-refractivity contribution < 1.29 is 9.47 Å². The van der Waals surface area contributed by atoms with E-state index in [0.717, 1.165) is 30.9 Å². The molecular formula is C15H24N2O2. The van der Waals surface area contributed by atoms with Crippen molar-refractivity contribution in [1.29, 1.82) is 0 Å². The summed E-state index contributed by atoms with van der Waals surface area (Å²) in [5.41, 5.74) is 7.60. The Kier molecular flexibility index (Phi) is 4.53. The van der Waals surface area contributed by atoms with E-state index in [2.05, 4.69) is 12.2 Å². The van der Waals surface area contributed by atoms with Crippen molar-refractivity contribution in [2.24, 2.45) is 0 Å². The molecule has 0 radical (unpaired) electrons. The highest BCUT2D eigenvalue weighted by Gasteiger charge is 2.22. The predicted octanol–water partition coefficient (Wildman–Crippen LogP) is 3.04. The van der Waals surface area contributed by atoms with Crippen molar-refractivity contribution in [3.63, 3.8) is 0 Å². The zero-order valence-corrected chi connectivity index (χ0v) is 12.0. The average molecular weight is 264 g/mol. The predicted molar refractivity (Wildman–Crippen MR) is 78.7 cm³/mol. The van der Waals surface area contributed by atoms with E-state index in [4.69, 9.17) is 15.2 Å². The van der Waals surface area contributed by atoms with Gasteiger partial charge in [0.15, 0.2) is 0 Å². The van der Waals surface area contributed by atoms with Crippen LogP contribution < -0.4 is 15.8 Å². The molecule has 0 spiro atoms. The minimum atomic E-state index is 0.119. The number of hydrogen-bond acceptors (Lipinski definition) is 4. The van der Waals surface area contributed by atoms with Gasteiger partial charge < -0.3 is 20.5 Å². The molecule has 106 valence electrons. The summed E-state index contributed by atoms with van der Waals surface area (Å²) >= 11 is 0. The smallest absolute Gasteiger partial charge is 0.144 e. The maximum atomic E-state index is 5.91. The van der Waals surface area contributed by atoms with Crippen molar-refractivity contribution in [3.05, 3.63) is 18.2 Å².